The van der Waals surface area contributed by atoms with Crippen molar-refractivity contribution in [2.24, 2.45) is 0 Å². The molecule has 3 aromatic rings. The Balaban J connectivity index is 2.38. The Morgan fingerprint density at radius 1 is 0.762 bits per heavy atom. The maximum atomic E-state index is 6.20. The Bertz CT molecular complexity index is 736. The molecule has 0 amide bonds. The molecule has 0 radical (unpaired) electrons. The van der Waals surface area contributed by atoms with Gasteiger partial charge in [-0.15, -0.1) is 11.3 Å². The SMILES string of the molecule is CCCc1c(N)ccc2c1sc1c(CCC)c(N)ccc12. The van der Waals surface area contributed by atoms with Crippen molar-refractivity contribution in [3.05, 3.63) is 35.4 Å². The molecule has 0 bridgehead atoms. The van der Waals surface area contributed by atoms with Gasteiger partial charge in [0.25, 0.3) is 0 Å². The molecular weight excluding hydrogens is 276 g/mol. The van der Waals surface area contributed by atoms with Crippen LogP contribution in [0.25, 0.3) is 20.2 Å². The quantitative estimate of drug-likeness (QED) is 0.656. The second kappa shape index (κ2) is 5.57. The van der Waals surface area contributed by atoms with Gasteiger partial charge in [-0.05, 0) is 36.1 Å². The summed E-state index contributed by atoms with van der Waals surface area (Å²) in [5.41, 5.74) is 16.8. The van der Waals surface area contributed by atoms with Crippen LogP contribution >= 0.6 is 11.3 Å². The number of aryl methyl sites for hydroxylation is 2. The highest BCUT2D eigenvalue weighted by Gasteiger charge is 2.14. The monoisotopic (exact) mass is 298 g/mol. The number of fused-ring (bicyclic) bond motifs is 3. The van der Waals surface area contributed by atoms with Crippen LogP contribution in [-0.2, 0) is 12.8 Å². The number of rotatable bonds is 4. The average Bonchev–Trinajstić information content (AvgIpc) is 2.84. The molecule has 0 fully saturated rings. The summed E-state index contributed by atoms with van der Waals surface area (Å²) in [6.45, 7) is 4.40. The van der Waals surface area contributed by atoms with Crippen LogP contribution in [0.2, 0.25) is 0 Å². The largest absolute Gasteiger partial charge is 0.398 e. The third-order valence-corrected chi connectivity index (χ3v) is 5.43. The van der Waals surface area contributed by atoms with E-state index < -0.39 is 0 Å². The molecule has 1 heterocycles. The van der Waals surface area contributed by atoms with Crippen LogP contribution in [0, 0.1) is 0 Å². The van der Waals surface area contributed by atoms with Crippen molar-refractivity contribution in [2.45, 2.75) is 39.5 Å². The van der Waals surface area contributed by atoms with E-state index in [0.29, 0.717) is 0 Å². The van der Waals surface area contributed by atoms with E-state index in [1.807, 2.05) is 11.3 Å². The molecule has 0 saturated heterocycles. The third-order valence-electron chi connectivity index (χ3n) is 4.09. The predicted octanol–water partition coefficient (Wildman–Crippen LogP) is 5.12. The minimum absolute atomic E-state index is 0.918. The van der Waals surface area contributed by atoms with Crippen molar-refractivity contribution in [2.75, 3.05) is 11.5 Å². The van der Waals surface area contributed by atoms with Gasteiger partial charge in [0.1, 0.15) is 0 Å². The van der Waals surface area contributed by atoms with Crippen LogP contribution < -0.4 is 11.5 Å². The minimum Gasteiger partial charge on any atom is -0.398 e. The second-order valence-electron chi connectivity index (χ2n) is 5.62. The lowest BCUT2D eigenvalue weighted by Crippen LogP contribution is -1.93. The molecule has 2 nitrogen and oxygen atoms in total. The molecule has 0 saturated carbocycles. The van der Waals surface area contributed by atoms with E-state index in [1.165, 1.54) is 31.3 Å². The highest BCUT2D eigenvalue weighted by atomic mass is 32.1. The molecule has 1 aromatic heterocycles. The molecule has 3 heteroatoms. The van der Waals surface area contributed by atoms with Crippen molar-refractivity contribution >= 4 is 42.9 Å². The number of anilines is 2. The van der Waals surface area contributed by atoms with Crippen molar-refractivity contribution in [1.82, 2.24) is 0 Å². The number of hydrogen-bond donors (Lipinski definition) is 2. The lowest BCUT2D eigenvalue weighted by molar-refractivity contribution is 0.933. The van der Waals surface area contributed by atoms with Crippen LogP contribution in [0.1, 0.15) is 37.8 Å². The van der Waals surface area contributed by atoms with Gasteiger partial charge < -0.3 is 11.5 Å². The Morgan fingerprint density at radius 2 is 1.19 bits per heavy atom. The highest BCUT2D eigenvalue weighted by molar-refractivity contribution is 7.26. The maximum Gasteiger partial charge on any atom is 0.0408 e. The molecule has 110 valence electrons. The van der Waals surface area contributed by atoms with Gasteiger partial charge in [-0.1, -0.05) is 38.8 Å². The number of nitrogen functional groups attached to an aromatic ring is 2. The van der Waals surface area contributed by atoms with Crippen molar-refractivity contribution in [3.8, 4) is 0 Å². The van der Waals surface area contributed by atoms with E-state index in [4.69, 9.17) is 11.5 Å². The Kier molecular flexibility index (Phi) is 3.77. The van der Waals surface area contributed by atoms with E-state index in [2.05, 4.69) is 38.1 Å². The summed E-state index contributed by atoms with van der Waals surface area (Å²) >= 11 is 1.86. The first kappa shape index (κ1) is 14.2. The molecule has 0 atom stereocenters. The van der Waals surface area contributed by atoms with Crippen molar-refractivity contribution in [3.63, 3.8) is 0 Å². The van der Waals surface area contributed by atoms with E-state index in [9.17, 15) is 0 Å². The van der Waals surface area contributed by atoms with Crippen LogP contribution in [0.5, 0.6) is 0 Å². The van der Waals surface area contributed by atoms with Crippen LogP contribution in [0.15, 0.2) is 24.3 Å². The maximum absolute atomic E-state index is 6.20. The van der Waals surface area contributed by atoms with Gasteiger partial charge >= 0.3 is 0 Å². The summed E-state index contributed by atoms with van der Waals surface area (Å²) in [6.07, 6.45) is 4.30. The van der Waals surface area contributed by atoms with Gasteiger partial charge in [0.2, 0.25) is 0 Å². The average molecular weight is 298 g/mol. The van der Waals surface area contributed by atoms with Crippen molar-refractivity contribution in [1.29, 1.82) is 0 Å². The molecule has 4 N–H and O–H groups in total. The summed E-state index contributed by atoms with van der Waals surface area (Å²) in [5, 5.41) is 2.65. The van der Waals surface area contributed by atoms with Crippen LogP contribution in [0.4, 0.5) is 11.4 Å². The zero-order chi connectivity index (χ0) is 15.0. The number of hydrogen-bond acceptors (Lipinski definition) is 3. The molecular formula is C18H22N2S. The van der Waals surface area contributed by atoms with E-state index in [-0.39, 0.29) is 0 Å². The Morgan fingerprint density at radius 3 is 1.57 bits per heavy atom. The first-order valence-electron chi connectivity index (χ1n) is 7.68. The first-order chi connectivity index (χ1) is 10.2. The summed E-state index contributed by atoms with van der Waals surface area (Å²) in [5.74, 6) is 0. The standard InChI is InChI=1S/C18H22N2S/c1-3-5-13-15(19)9-7-11-12-8-10-16(20)14(6-4-2)18(12)21-17(11)13/h7-10H,3-6,19-20H2,1-2H3. The zero-order valence-electron chi connectivity index (χ0n) is 12.7. The number of benzene rings is 2. The van der Waals surface area contributed by atoms with Gasteiger partial charge in [-0.25, -0.2) is 0 Å². The van der Waals surface area contributed by atoms with Crippen LogP contribution in [0.3, 0.4) is 0 Å². The summed E-state index contributed by atoms with van der Waals surface area (Å²) in [4.78, 5) is 0. The Labute approximate surface area is 129 Å². The fourth-order valence-electron chi connectivity index (χ4n) is 3.06. The minimum atomic E-state index is 0.918. The molecule has 0 unspecified atom stereocenters. The normalized spacial score (nSPS) is 11.5. The van der Waals surface area contributed by atoms with Crippen molar-refractivity contribution < 1.29 is 0 Å². The lowest BCUT2D eigenvalue weighted by Gasteiger charge is -2.05. The third kappa shape index (κ3) is 2.26. The molecule has 2 aromatic carbocycles. The lowest BCUT2D eigenvalue weighted by atomic mass is 10.0. The summed E-state index contributed by atoms with van der Waals surface area (Å²) in [7, 11) is 0. The van der Waals surface area contributed by atoms with E-state index in [0.717, 1.165) is 37.1 Å². The van der Waals surface area contributed by atoms with Crippen LogP contribution in [-0.4, -0.2) is 0 Å². The fourth-order valence-corrected chi connectivity index (χ4v) is 4.53. The van der Waals surface area contributed by atoms with Gasteiger partial charge in [0.05, 0.1) is 0 Å². The number of thiophene rings is 1. The summed E-state index contributed by atoms with van der Waals surface area (Å²) < 4.78 is 2.68. The Hall–Kier alpha value is -1.74. The summed E-state index contributed by atoms with van der Waals surface area (Å²) in [6, 6.07) is 8.42. The van der Waals surface area contributed by atoms with Gasteiger partial charge in [0.15, 0.2) is 0 Å². The second-order valence-corrected chi connectivity index (χ2v) is 6.64. The highest BCUT2D eigenvalue weighted by Crippen LogP contribution is 2.41. The van der Waals surface area contributed by atoms with Gasteiger partial charge in [-0.2, -0.15) is 0 Å². The molecule has 0 aliphatic rings. The molecule has 21 heavy (non-hydrogen) atoms. The smallest absolute Gasteiger partial charge is 0.0408 e. The molecule has 0 aliphatic carbocycles. The number of nitrogens with two attached hydrogens (primary N) is 2. The topological polar surface area (TPSA) is 52.0 Å². The van der Waals surface area contributed by atoms with E-state index >= 15 is 0 Å². The van der Waals surface area contributed by atoms with Gasteiger partial charge in [0, 0.05) is 31.5 Å². The molecule has 0 aliphatic heterocycles. The molecule has 3 rings (SSSR count). The molecule has 0 spiro atoms. The van der Waals surface area contributed by atoms with Gasteiger partial charge in [-0.3, -0.25) is 0 Å². The fraction of sp³-hybridized carbons (Fsp3) is 0.333. The zero-order valence-corrected chi connectivity index (χ0v) is 13.5. The van der Waals surface area contributed by atoms with E-state index in [1.54, 1.807) is 0 Å². The predicted molar refractivity (Wildman–Crippen MR) is 96.1 cm³/mol. The first-order valence-corrected chi connectivity index (χ1v) is 8.49.